The van der Waals surface area contributed by atoms with E-state index in [1.54, 1.807) is 0 Å². The zero-order valence-corrected chi connectivity index (χ0v) is 14.6. The van der Waals surface area contributed by atoms with E-state index in [4.69, 9.17) is 10.1 Å². The molecule has 3 aliphatic rings. The van der Waals surface area contributed by atoms with Crippen LogP contribution >= 0.6 is 0 Å². The average Bonchev–Trinajstić information content (AvgIpc) is 3.38. The van der Waals surface area contributed by atoms with Crippen molar-refractivity contribution in [3.8, 4) is 0 Å². The molecule has 1 saturated carbocycles. The minimum absolute atomic E-state index is 0.0788. The standard InChI is InChI=1S/C19H25N5O/c25-19(21-14-7-8-14)13-4-3-10-23(12-13)18-17-15-5-1-2-6-16(15)22-24(17)11-9-20-18/h9,11,13-14H,1-8,10,12H2,(H,21,25)/t13-/m1/s1. The molecule has 0 radical (unpaired) electrons. The number of nitrogens with zero attached hydrogens (tertiary/aromatic N) is 4. The highest BCUT2D eigenvalue weighted by Gasteiger charge is 2.32. The topological polar surface area (TPSA) is 62.5 Å². The van der Waals surface area contributed by atoms with E-state index in [-0.39, 0.29) is 11.8 Å². The van der Waals surface area contributed by atoms with Crippen LogP contribution in [0.3, 0.4) is 0 Å². The summed E-state index contributed by atoms with van der Waals surface area (Å²) < 4.78 is 2.01. The van der Waals surface area contributed by atoms with E-state index in [0.29, 0.717) is 6.04 Å². The van der Waals surface area contributed by atoms with Crippen LogP contribution in [0.15, 0.2) is 12.4 Å². The van der Waals surface area contributed by atoms with Gasteiger partial charge in [0.1, 0.15) is 5.52 Å². The number of anilines is 1. The normalized spacial score (nSPS) is 23.5. The molecule has 0 unspecified atom stereocenters. The molecule has 132 valence electrons. The van der Waals surface area contributed by atoms with Crippen molar-refractivity contribution in [1.29, 1.82) is 0 Å². The molecule has 1 aliphatic heterocycles. The largest absolute Gasteiger partial charge is 0.354 e. The Hall–Kier alpha value is -2.11. The number of carbonyl (C=O) groups is 1. The summed E-state index contributed by atoms with van der Waals surface area (Å²) in [5, 5.41) is 7.96. The van der Waals surface area contributed by atoms with E-state index in [1.165, 1.54) is 29.6 Å². The van der Waals surface area contributed by atoms with Gasteiger partial charge in [0, 0.05) is 37.1 Å². The number of aryl methyl sites for hydroxylation is 2. The number of hydrogen-bond acceptors (Lipinski definition) is 4. The van der Waals surface area contributed by atoms with Gasteiger partial charge in [0.2, 0.25) is 5.91 Å². The van der Waals surface area contributed by atoms with Gasteiger partial charge in [-0.3, -0.25) is 4.79 Å². The van der Waals surface area contributed by atoms with E-state index in [9.17, 15) is 4.79 Å². The first kappa shape index (κ1) is 15.2. The number of amides is 1. The van der Waals surface area contributed by atoms with Crippen molar-refractivity contribution in [3.05, 3.63) is 23.7 Å². The number of nitrogens with one attached hydrogen (secondary N) is 1. The third-order valence-electron chi connectivity index (χ3n) is 5.81. The van der Waals surface area contributed by atoms with Crippen LogP contribution in [0.1, 0.15) is 49.8 Å². The predicted molar refractivity (Wildman–Crippen MR) is 95.7 cm³/mol. The highest BCUT2D eigenvalue weighted by atomic mass is 16.2. The number of hydrogen-bond donors (Lipinski definition) is 1. The SMILES string of the molecule is O=C(NC1CC1)[C@@H]1CCCN(c2nccn3nc4c(c23)CCCC4)C1. The Morgan fingerprint density at radius 2 is 2.04 bits per heavy atom. The molecule has 1 saturated heterocycles. The van der Waals surface area contributed by atoms with Crippen LogP contribution in [0, 0.1) is 5.92 Å². The van der Waals surface area contributed by atoms with Crippen LogP contribution in [0.2, 0.25) is 0 Å². The van der Waals surface area contributed by atoms with Crippen molar-refractivity contribution in [2.45, 2.75) is 57.4 Å². The Morgan fingerprint density at radius 1 is 1.16 bits per heavy atom. The zero-order valence-electron chi connectivity index (χ0n) is 14.6. The lowest BCUT2D eigenvalue weighted by atomic mass is 9.95. The summed E-state index contributed by atoms with van der Waals surface area (Å²) in [5.74, 6) is 1.33. The molecular formula is C19H25N5O. The van der Waals surface area contributed by atoms with Crippen LogP contribution in [-0.2, 0) is 17.6 Å². The third kappa shape index (κ3) is 2.77. The van der Waals surface area contributed by atoms with Gasteiger partial charge < -0.3 is 10.2 Å². The van der Waals surface area contributed by atoms with Crippen molar-refractivity contribution >= 4 is 17.2 Å². The molecule has 0 aromatic carbocycles. The molecule has 3 heterocycles. The summed E-state index contributed by atoms with van der Waals surface area (Å²) >= 11 is 0. The number of fused-ring (bicyclic) bond motifs is 3. The molecule has 0 spiro atoms. The number of carbonyl (C=O) groups excluding carboxylic acids is 1. The van der Waals surface area contributed by atoms with Crippen LogP contribution in [0.25, 0.3) is 5.52 Å². The molecule has 2 fully saturated rings. The van der Waals surface area contributed by atoms with Gasteiger partial charge in [-0.15, -0.1) is 0 Å². The molecule has 0 bridgehead atoms. The maximum atomic E-state index is 12.5. The fourth-order valence-corrected chi connectivity index (χ4v) is 4.31. The van der Waals surface area contributed by atoms with Crippen molar-refractivity contribution in [2.75, 3.05) is 18.0 Å². The number of aromatic nitrogens is 3. The van der Waals surface area contributed by atoms with Gasteiger partial charge in [-0.1, -0.05) is 0 Å². The molecule has 1 amide bonds. The number of rotatable bonds is 3. The molecule has 25 heavy (non-hydrogen) atoms. The summed E-state index contributed by atoms with van der Waals surface area (Å²) in [5.41, 5.74) is 3.78. The first-order valence-corrected chi connectivity index (χ1v) is 9.70. The lowest BCUT2D eigenvalue weighted by Gasteiger charge is -2.33. The van der Waals surface area contributed by atoms with Crippen LogP contribution in [0.4, 0.5) is 5.82 Å². The summed E-state index contributed by atoms with van der Waals surface area (Å²) in [7, 11) is 0. The van der Waals surface area contributed by atoms with Crippen LogP contribution in [-0.4, -0.2) is 39.6 Å². The van der Waals surface area contributed by atoms with Crippen LogP contribution < -0.4 is 10.2 Å². The fraction of sp³-hybridized carbons (Fsp3) is 0.632. The molecule has 5 rings (SSSR count). The molecule has 1 atom stereocenters. The smallest absolute Gasteiger partial charge is 0.225 e. The van der Waals surface area contributed by atoms with Gasteiger partial charge in [-0.05, 0) is 51.4 Å². The molecule has 2 aromatic rings. The Bertz CT molecular complexity index is 809. The second-order valence-electron chi connectivity index (χ2n) is 7.74. The highest BCUT2D eigenvalue weighted by molar-refractivity contribution is 5.81. The maximum Gasteiger partial charge on any atom is 0.225 e. The number of piperidine rings is 1. The van der Waals surface area contributed by atoms with Crippen molar-refractivity contribution in [2.24, 2.45) is 5.92 Å². The zero-order chi connectivity index (χ0) is 16.8. The van der Waals surface area contributed by atoms with E-state index < -0.39 is 0 Å². The van der Waals surface area contributed by atoms with Gasteiger partial charge in [-0.25, -0.2) is 9.50 Å². The van der Waals surface area contributed by atoms with Crippen molar-refractivity contribution in [3.63, 3.8) is 0 Å². The van der Waals surface area contributed by atoms with Crippen molar-refractivity contribution in [1.82, 2.24) is 19.9 Å². The molecule has 2 aromatic heterocycles. The fourth-order valence-electron chi connectivity index (χ4n) is 4.31. The summed E-state index contributed by atoms with van der Waals surface area (Å²) in [4.78, 5) is 19.5. The van der Waals surface area contributed by atoms with Gasteiger partial charge >= 0.3 is 0 Å². The van der Waals surface area contributed by atoms with Gasteiger partial charge in [0.25, 0.3) is 0 Å². The summed E-state index contributed by atoms with van der Waals surface area (Å²) in [6.45, 7) is 1.74. The maximum absolute atomic E-state index is 12.5. The first-order valence-electron chi connectivity index (χ1n) is 9.70. The monoisotopic (exact) mass is 339 g/mol. The molecule has 1 N–H and O–H groups in total. The average molecular weight is 339 g/mol. The summed E-state index contributed by atoms with van der Waals surface area (Å²) in [6.07, 6.45) is 12.7. The Labute approximate surface area is 147 Å². The highest BCUT2D eigenvalue weighted by Crippen LogP contribution is 2.32. The second kappa shape index (κ2) is 6.00. The quantitative estimate of drug-likeness (QED) is 0.930. The molecule has 6 nitrogen and oxygen atoms in total. The van der Waals surface area contributed by atoms with Gasteiger partial charge in [-0.2, -0.15) is 5.10 Å². The molecule has 6 heteroatoms. The van der Waals surface area contributed by atoms with Gasteiger partial charge in [0.05, 0.1) is 11.6 Å². The molecular weight excluding hydrogens is 314 g/mol. The van der Waals surface area contributed by atoms with Gasteiger partial charge in [0.15, 0.2) is 5.82 Å². The summed E-state index contributed by atoms with van der Waals surface area (Å²) in [6, 6.07) is 0.436. The second-order valence-corrected chi connectivity index (χ2v) is 7.74. The van der Waals surface area contributed by atoms with Crippen LogP contribution in [0.5, 0.6) is 0 Å². The Balaban J connectivity index is 1.45. The Morgan fingerprint density at radius 3 is 2.92 bits per heavy atom. The van der Waals surface area contributed by atoms with E-state index in [0.717, 1.165) is 57.4 Å². The minimum atomic E-state index is 0.0788. The minimum Gasteiger partial charge on any atom is -0.354 e. The van der Waals surface area contributed by atoms with E-state index in [1.807, 2.05) is 16.9 Å². The first-order chi connectivity index (χ1) is 12.3. The van der Waals surface area contributed by atoms with Crippen molar-refractivity contribution < 1.29 is 4.79 Å². The lowest BCUT2D eigenvalue weighted by molar-refractivity contribution is -0.125. The third-order valence-corrected chi connectivity index (χ3v) is 5.81. The lowest BCUT2D eigenvalue weighted by Crippen LogP contribution is -2.44. The van der Waals surface area contributed by atoms with E-state index in [2.05, 4.69) is 10.2 Å². The van der Waals surface area contributed by atoms with E-state index >= 15 is 0 Å². The molecule has 2 aliphatic carbocycles. The predicted octanol–water partition coefficient (Wildman–Crippen LogP) is 2.10. The Kier molecular flexibility index (Phi) is 3.64.